The first-order valence-corrected chi connectivity index (χ1v) is 8.72. The number of aromatic amines is 1. The van der Waals surface area contributed by atoms with Crippen molar-refractivity contribution in [1.29, 1.82) is 5.26 Å². The van der Waals surface area contributed by atoms with E-state index in [0.717, 1.165) is 11.1 Å². The summed E-state index contributed by atoms with van der Waals surface area (Å²) in [5.74, 6) is -0.632. The zero-order valence-corrected chi connectivity index (χ0v) is 15.0. The van der Waals surface area contributed by atoms with E-state index in [1.165, 1.54) is 6.20 Å². The van der Waals surface area contributed by atoms with E-state index in [9.17, 15) is 20.0 Å². The van der Waals surface area contributed by atoms with Gasteiger partial charge in [-0.2, -0.15) is 5.26 Å². The minimum absolute atomic E-state index is 0.259. The van der Waals surface area contributed by atoms with Crippen molar-refractivity contribution in [3.63, 3.8) is 0 Å². The lowest BCUT2D eigenvalue weighted by atomic mass is 9.99. The number of benzene rings is 2. The molecule has 0 fully saturated rings. The van der Waals surface area contributed by atoms with Gasteiger partial charge in [0.05, 0.1) is 11.6 Å². The first kappa shape index (κ1) is 18.9. The van der Waals surface area contributed by atoms with Crippen molar-refractivity contribution in [2.45, 2.75) is 19.4 Å². The fourth-order valence-electron chi connectivity index (χ4n) is 2.95. The van der Waals surface area contributed by atoms with Crippen molar-refractivity contribution in [3.8, 4) is 11.8 Å². The quantitative estimate of drug-likeness (QED) is 0.660. The maximum atomic E-state index is 11.8. The van der Waals surface area contributed by atoms with Gasteiger partial charge in [-0.1, -0.05) is 30.3 Å². The summed E-state index contributed by atoms with van der Waals surface area (Å²) in [6, 6.07) is 18.5. The number of carboxylic acids is 1. The molecular weight excluding hydrogens is 356 g/mol. The Bertz CT molecular complexity index is 1080. The molecule has 0 aliphatic heterocycles. The smallest absolute Gasteiger partial charge is 0.341 e. The average Bonchev–Trinajstić information content (AvgIpc) is 2.71. The molecule has 0 radical (unpaired) electrons. The molecule has 1 aromatic heterocycles. The van der Waals surface area contributed by atoms with Gasteiger partial charge < -0.3 is 14.8 Å². The number of nitrogens with zero attached hydrogens (tertiary/aromatic N) is 1. The van der Waals surface area contributed by atoms with Crippen LogP contribution < -0.4 is 10.3 Å². The summed E-state index contributed by atoms with van der Waals surface area (Å²) < 4.78 is 5.92. The number of rotatable bonds is 7. The molecule has 0 amide bonds. The maximum absolute atomic E-state index is 11.8. The third-order valence-corrected chi connectivity index (χ3v) is 4.35. The highest BCUT2D eigenvalue weighted by Crippen LogP contribution is 2.23. The molecule has 2 N–H and O–H groups in total. The van der Waals surface area contributed by atoms with E-state index in [1.807, 2.05) is 30.3 Å². The lowest BCUT2D eigenvalue weighted by Crippen LogP contribution is -2.20. The molecule has 6 nitrogen and oxygen atoms in total. The Balaban J connectivity index is 1.83. The normalized spacial score (nSPS) is 10.2. The van der Waals surface area contributed by atoms with Gasteiger partial charge in [0, 0.05) is 6.20 Å². The van der Waals surface area contributed by atoms with E-state index >= 15 is 0 Å². The lowest BCUT2D eigenvalue weighted by molar-refractivity contribution is 0.0693. The molecule has 0 spiro atoms. The summed E-state index contributed by atoms with van der Waals surface area (Å²) in [4.78, 5) is 25.6. The SMILES string of the molecule is N#Cc1ccc(OCc2ccccc2)c(CCc2cc[nH]c(=O)c2C(=O)O)c1. The number of aryl methyl sites for hydroxylation is 2. The number of nitriles is 1. The van der Waals surface area contributed by atoms with Gasteiger partial charge in [-0.25, -0.2) is 4.79 Å². The Labute approximate surface area is 161 Å². The second-order valence-electron chi connectivity index (χ2n) is 6.22. The molecule has 2 aromatic carbocycles. The number of hydrogen-bond acceptors (Lipinski definition) is 4. The van der Waals surface area contributed by atoms with Gasteiger partial charge in [0.2, 0.25) is 0 Å². The monoisotopic (exact) mass is 374 g/mol. The molecule has 1 heterocycles. The summed E-state index contributed by atoms with van der Waals surface area (Å²) in [6.45, 7) is 0.380. The third kappa shape index (κ3) is 4.46. The lowest BCUT2D eigenvalue weighted by Gasteiger charge is -2.13. The number of H-pyrrole nitrogens is 1. The van der Waals surface area contributed by atoms with Gasteiger partial charge in [0.1, 0.15) is 17.9 Å². The maximum Gasteiger partial charge on any atom is 0.341 e. The number of aromatic carboxylic acids is 1. The molecule has 3 aromatic rings. The molecule has 28 heavy (non-hydrogen) atoms. The molecule has 0 aliphatic carbocycles. The van der Waals surface area contributed by atoms with Crippen LogP contribution in [-0.2, 0) is 19.4 Å². The highest BCUT2D eigenvalue weighted by Gasteiger charge is 2.15. The van der Waals surface area contributed by atoms with Gasteiger partial charge >= 0.3 is 5.97 Å². The van der Waals surface area contributed by atoms with Crippen LogP contribution in [0, 0.1) is 11.3 Å². The second kappa shape index (κ2) is 8.69. The molecule has 6 heteroatoms. The molecule has 3 rings (SSSR count). The number of nitrogens with one attached hydrogen (secondary N) is 1. The molecule has 0 atom stereocenters. The van der Waals surface area contributed by atoms with Crippen LogP contribution in [-0.4, -0.2) is 16.1 Å². The van der Waals surface area contributed by atoms with Crippen LogP contribution in [0.4, 0.5) is 0 Å². The predicted molar refractivity (Wildman–Crippen MR) is 103 cm³/mol. The van der Waals surface area contributed by atoms with Crippen LogP contribution in [0.5, 0.6) is 5.75 Å². The highest BCUT2D eigenvalue weighted by molar-refractivity contribution is 5.88. The average molecular weight is 374 g/mol. The standard InChI is InChI=1S/C22H18N2O4/c23-13-16-6-9-19(28-14-15-4-2-1-3-5-15)18(12-16)8-7-17-10-11-24-21(25)20(17)22(26)27/h1-6,9-12H,7-8,14H2,(H,24,25)(H,26,27). The Hall–Kier alpha value is -3.85. The summed E-state index contributed by atoms with van der Waals surface area (Å²) in [6.07, 6.45) is 2.20. The van der Waals surface area contributed by atoms with Crippen molar-refractivity contribution in [1.82, 2.24) is 4.98 Å². The topological polar surface area (TPSA) is 103 Å². The van der Waals surface area contributed by atoms with Gasteiger partial charge in [-0.15, -0.1) is 0 Å². The number of carboxylic acid groups (broad SMARTS) is 1. The van der Waals surface area contributed by atoms with Crippen molar-refractivity contribution < 1.29 is 14.6 Å². The minimum atomic E-state index is -1.26. The number of ether oxygens (including phenoxy) is 1. The summed E-state index contributed by atoms with van der Waals surface area (Å²) in [5, 5.41) is 18.5. The minimum Gasteiger partial charge on any atom is -0.489 e. The molecule has 0 saturated carbocycles. The van der Waals surface area contributed by atoms with Crippen LogP contribution in [0.25, 0.3) is 0 Å². The first-order valence-electron chi connectivity index (χ1n) is 8.72. The van der Waals surface area contributed by atoms with Crippen molar-refractivity contribution in [2.24, 2.45) is 0 Å². The van der Waals surface area contributed by atoms with E-state index < -0.39 is 11.5 Å². The highest BCUT2D eigenvalue weighted by atomic mass is 16.5. The Morgan fingerprint density at radius 2 is 1.82 bits per heavy atom. The van der Waals surface area contributed by atoms with Crippen LogP contribution in [0.3, 0.4) is 0 Å². The summed E-state index contributed by atoms with van der Waals surface area (Å²) in [5.41, 5.74) is 1.84. The zero-order valence-electron chi connectivity index (χ0n) is 15.0. The Morgan fingerprint density at radius 1 is 1.07 bits per heavy atom. The fraction of sp³-hybridized carbons (Fsp3) is 0.136. The zero-order chi connectivity index (χ0) is 19.9. The molecule has 0 bridgehead atoms. The number of carbonyl (C=O) groups is 1. The number of aromatic nitrogens is 1. The van der Waals surface area contributed by atoms with Crippen LogP contribution in [0.15, 0.2) is 65.6 Å². The van der Waals surface area contributed by atoms with E-state index in [-0.39, 0.29) is 5.56 Å². The Kier molecular flexibility index (Phi) is 5.87. The number of hydrogen-bond donors (Lipinski definition) is 2. The summed E-state index contributed by atoms with van der Waals surface area (Å²) in [7, 11) is 0. The third-order valence-electron chi connectivity index (χ3n) is 4.35. The predicted octanol–water partition coefficient (Wildman–Crippen LogP) is 3.31. The molecule has 140 valence electrons. The van der Waals surface area contributed by atoms with Crippen LogP contribution in [0.1, 0.15) is 32.6 Å². The van der Waals surface area contributed by atoms with Crippen LogP contribution in [0.2, 0.25) is 0 Å². The Morgan fingerprint density at radius 3 is 2.54 bits per heavy atom. The van der Waals surface area contributed by atoms with Crippen molar-refractivity contribution >= 4 is 5.97 Å². The van der Waals surface area contributed by atoms with E-state index in [1.54, 1.807) is 24.3 Å². The van der Waals surface area contributed by atoms with E-state index in [4.69, 9.17) is 4.74 Å². The van der Waals surface area contributed by atoms with E-state index in [2.05, 4.69) is 11.1 Å². The first-order chi connectivity index (χ1) is 13.6. The van der Waals surface area contributed by atoms with Gasteiger partial charge in [0.15, 0.2) is 0 Å². The number of pyridine rings is 1. The molecule has 0 unspecified atom stereocenters. The molecular formula is C22H18N2O4. The van der Waals surface area contributed by atoms with Crippen LogP contribution >= 0.6 is 0 Å². The van der Waals surface area contributed by atoms with Gasteiger partial charge in [0.25, 0.3) is 5.56 Å². The van der Waals surface area contributed by atoms with Crippen molar-refractivity contribution in [3.05, 3.63) is 99.0 Å². The van der Waals surface area contributed by atoms with Crippen molar-refractivity contribution in [2.75, 3.05) is 0 Å². The van der Waals surface area contributed by atoms with E-state index in [0.29, 0.717) is 36.3 Å². The molecule has 0 saturated heterocycles. The van der Waals surface area contributed by atoms with Gasteiger partial charge in [-0.3, -0.25) is 4.79 Å². The fourth-order valence-corrected chi connectivity index (χ4v) is 2.95. The second-order valence-corrected chi connectivity index (χ2v) is 6.22. The summed E-state index contributed by atoms with van der Waals surface area (Å²) >= 11 is 0. The largest absolute Gasteiger partial charge is 0.489 e. The van der Waals surface area contributed by atoms with Gasteiger partial charge in [-0.05, 0) is 53.8 Å². The molecule has 0 aliphatic rings.